The van der Waals surface area contributed by atoms with Crippen LogP contribution in [-0.2, 0) is 13.0 Å². The molecule has 0 amide bonds. The summed E-state index contributed by atoms with van der Waals surface area (Å²) in [6.07, 6.45) is 1.04. The Morgan fingerprint density at radius 1 is 1.08 bits per heavy atom. The van der Waals surface area contributed by atoms with E-state index < -0.39 is 0 Å². The summed E-state index contributed by atoms with van der Waals surface area (Å²) in [4.78, 5) is 6.75. The molecule has 24 heavy (non-hydrogen) atoms. The Balaban J connectivity index is 1.83. The van der Waals surface area contributed by atoms with Gasteiger partial charge in [0.2, 0.25) is 0 Å². The Bertz CT molecular complexity index is 634. The van der Waals surface area contributed by atoms with Crippen molar-refractivity contribution in [2.24, 2.45) is 10.7 Å². The van der Waals surface area contributed by atoms with Gasteiger partial charge in [0, 0.05) is 18.3 Å². The number of likely N-dealkylation sites (N-methyl/N-ethyl adjacent to an activating group) is 1. The standard InChI is InChI=1S/C20H28N4/c1-4-17-10-12-19(13-11-17)23-20(21)22-14-16(2)24(3)15-18-8-6-5-7-9-18/h5-13,16H,4,14-15H2,1-3H3,(H3,21,22,23). The van der Waals surface area contributed by atoms with Gasteiger partial charge in [-0.3, -0.25) is 9.89 Å². The topological polar surface area (TPSA) is 53.6 Å². The lowest BCUT2D eigenvalue weighted by Gasteiger charge is -2.23. The van der Waals surface area contributed by atoms with Crippen LogP contribution in [-0.4, -0.2) is 30.5 Å². The number of hydrogen-bond acceptors (Lipinski definition) is 2. The van der Waals surface area contributed by atoms with Gasteiger partial charge >= 0.3 is 0 Å². The Hall–Kier alpha value is -2.33. The molecule has 0 aliphatic rings. The minimum absolute atomic E-state index is 0.313. The number of guanidine groups is 1. The van der Waals surface area contributed by atoms with Crippen LogP contribution in [0.5, 0.6) is 0 Å². The first-order valence-electron chi connectivity index (χ1n) is 8.48. The van der Waals surface area contributed by atoms with Crippen LogP contribution in [0.25, 0.3) is 0 Å². The van der Waals surface area contributed by atoms with Crippen molar-refractivity contribution < 1.29 is 0 Å². The van der Waals surface area contributed by atoms with Crippen molar-refractivity contribution in [2.75, 3.05) is 18.9 Å². The predicted molar refractivity (Wildman–Crippen MR) is 103 cm³/mol. The lowest BCUT2D eigenvalue weighted by Crippen LogP contribution is -2.32. The van der Waals surface area contributed by atoms with Crippen LogP contribution in [0.15, 0.2) is 59.6 Å². The van der Waals surface area contributed by atoms with Gasteiger partial charge < -0.3 is 11.1 Å². The van der Waals surface area contributed by atoms with Crippen molar-refractivity contribution in [1.82, 2.24) is 4.90 Å². The van der Waals surface area contributed by atoms with Crippen molar-refractivity contribution in [2.45, 2.75) is 32.9 Å². The Labute approximate surface area is 145 Å². The van der Waals surface area contributed by atoms with Crippen LogP contribution in [0, 0.1) is 0 Å². The fourth-order valence-corrected chi connectivity index (χ4v) is 2.41. The molecule has 0 aliphatic heterocycles. The van der Waals surface area contributed by atoms with Gasteiger partial charge in [-0.25, -0.2) is 0 Å². The molecule has 2 aromatic rings. The molecule has 1 unspecified atom stereocenters. The number of hydrogen-bond donors (Lipinski definition) is 2. The molecule has 0 fully saturated rings. The number of nitrogens with zero attached hydrogens (tertiary/aromatic N) is 2. The van der Waals surface area contributed by atoms with Crippen LogP contribution in [0.2, 0.25) is 0 Å². The van der Waals surface area contributed by atoms with Gasteiger partial charge in [0.05, 0.1) is 6.54 Å². The molecule has 0 aromatic heterocycles. The van der Waals surface area contributed by atoms with Gasteiger partial charge in [0.15, 0.2) is 5.96 Å². The average Bonchev–Trinajstić information content (AvgIpc) is 2.61. The number of benzene rings is 2. The molecule has 128 valence electrons. The Kier molecular flexibility index (Phi) is 6.82. The number of aryl methyl sites for hydroxylation is 1. The maximum Gasteiger partial charge on any atom is 0.193 e. The Morgan fingerprint density at radius 2 is 1.75 bits per heavy atom. The lowest BCUT2D eigenvalue weighted by molar-refractivity contribution is 0.255. The van der Waals surface area contributed by atoms with Gasteiger partial charge in [0.1, 0.15) is 0 Å². The highest BCUT2D eigenvalue weighted by molar-refractivity contribution is 5.92. The van der Waals surface area contributed by atoms with Crippen LogP contribution in [0.1, 0.15) is 25.0 Å². The van der Waals surface area contributed by atoms with Gasteiger partial charge in [-0.15, -0.1) is 0 Å². The van der Waals surface area contributed by atoms with Gasteiger partial charge in [0.25, 0.3) is 0 Å². The fraction of sp³-hybridized carbons (Fsp3) is 0.350. The van der Waals surface area contributed by atoms with E-state index in [2.05, 4.69) is 72.5 Å². The number of rotatable bonds is 7. The van der Waals surface area contributed by atoms with E-state index in [-0.39, 0.29) is 0 Å². The summed E-state index contributed by atoms with van der Waals surface area (Å²) in [5.41, 5.74) is 9.58. The maximum absolute atomic E-state index is 6.00. The van der Waals surface area contributed by atoms with Crippen LogP contribution in [0.4, 0.5) is 5.69 Å². The SMILES string of the molecule is CCc1ccc(NC(N)=NCC(C)N(C)Cc2ccccc2)cc1. The molecular weight excluding hydrogens is 296 g/mol. The van der Waals surface area contributed by atoms with E-state index in [9.17, 15) is 0 Å². The summed E-state index contributed by atoms with van der Waals surface area (Å²) in [6, 6.07) is 19.0. The number of nitrogens with two attached hydrogens (primary N) is 1. The third kappa shape index (κ3) is 5.70. The summed E-state index contributed by atoms with van der Waals surface area (Å²) < 4.78 is 0. The van der Waals surface area contributed by atoms with E-state index >= 15 is 0 Å². The van der Waals surface area contributed by atoms with Crippen molar-refractivity contribution in [3.63, 3.8) is 0 Å². The van der Waals surface area contributed by atoms with Crippen molar-refractivity contribution in [3.05, 3.63) is 65.7 Å². The van der Waals surface area contributed by atoms with Crippen LogP contribution >= 0.6 is 0 Å². The summed E-state index contributed by atoms with van der Waals surface area (Å²) in [5, 5.41) is 3.15. The first kappa shape index (κ1) is 18.0. The van der Waals surface area contributed by atoms with E-state index in [4.69, 9.17) is 5.73 Å². The third-order valence-corrected chi connectivity index (χ3v) is 4.19. The average molecular weight is 324 g/mol. The number of anilines is 1. The van der Waals surface area contributed by atoms with Crippen LogP contribution < -0.4 is 11.1 Å². The van der Waals surface area contributed by atoms with E-state index in [1.807, 2.05) is 18.2 Å². The third-order valence-electron chi connectivity index (χ3n) is 4.19. The summed E-state index contributed by atoms with van der Waals surface area (Å²) in [7, 11) is 2.11. The van der Waals surface area contributed by atoms with Crippen molar-refractivity contribution in [1.29, 1.82) is 0 Å². The van der Waals surface area contributed by atoms with E-state index in [0.717, 1.165) is 18.7 Å². The van der Waals surface area contributed by atoms with Crippen molar-refractivity contribution in [3.8, 4) is 0 Å². The minimum Gasteiger partial charge on any atom is -0.370 e. The molecule has 0 aliphatic carbocycles. The molecule has 0 spiro atoms. The zero-order valence-corrected chi connectivity index (χ0v) is 14.9. The maximum atomic E-state index is 6.00. The molecule has 0 bridgehead atoms. The normalized spacial score (nSPS) is 13.1. The second-order valence-electron chi connectivity index (χ2n) is 6.15. The monoisotopic (exact) mass is 324 g/mol. The zero-order chi connectivity index (χ0) is 17.4. The quantitative estimate of drug-likeness (QED) is 0.605. The molecule has 0 saturated heterocycles. The molecule has 4 nitrogen and oxygen atoms in total. The highest BCUT2D eigenvalue weighted by Gasteiger charge is 2.09. The number of nitrogens with one attached hydrogen (secondary N) is 1. The van der Waals surface area contributed by atoms with E-state index in [1.54, 1.807) is 0 Å². The minimum atomic E-state index is 0.313. The first-order chi connectivity index (χ1) is 11.6. The first-order valence-corrected chi connectivity index (χ1v) is 8.48. The molecule has 1 atom stereocenters. The van der Waals surface area contributed by atoms with E-state index in [0.29, 0.717) is 18.5 Å². The second kappa shape index (κ2) is 9.08. The molecule has 3 N–H and O–H groups in total. The highest BCUT2D eigenvalue weighted by atomic mass is 15.2. The molecule has 2 rings (SSSR count). The van der Waals surface area contributed by atoms with Crippen molar-refractivity contribution >= 4 is 11.6 Å². The predicted octanol–water partition coefficient (Wildman–Crippen LogP) is 3.50. The zero-order valence-electron chi connectivity index (χ0n) is 14.9. The second-order valence-corrected chi connectivity index (χ2v) is 6.15. The Morgan fingerprint density at radius 3 is 2.38 bits per heavy atom. The van der Waals surface area contributed by atoms with Gasteiger partial charge in [-0.1, -0.05) is 49.4 Å². The molecular formula is C20H28N4. The van der Waals surface area contributed by atoms with Gasteiger partial charge in [-0.05, 0) is 43.7 Å². The smallest absolute Gasteiger partial charge is 0.193 e. The molecule has 0 radical (unpaired) electrons. The lowest BCUT2D eigenvalue weighted by atomic mass is 10.1. The largest absolute Gasteiger partial charge is 0.370 e. The van der Waals surface area contributed by atoms with Gasteiger partial charge in [-0.2, -0.15) is 0 Å². The molecule has 0 heterocycles. The van der Waals surface area contributed by atoms with E-state index in [1.165, 1.54) is 11.1 Å². The van der Waals surface area contributed by atoms with Crippen LogP contribution in [0.3, 0.4) is 0 Å². The highest BCUT2D eigenvalue weighted by Crippen LogP contribution is 2.10. The summed E-state index contributed by atoms with van der Waals surface area (Å²) in [6.45, 7) is 5.87. The molecule has 0 saturated carbocycles. The fourth-order valence-electron chi connectivity index (χ4n) is 2.41. The number of aliphatic imine (C=N–C) groups is 1. The molecule has 4 heteroatoms. The summed E-state index contributed by atoms with van der Waals surface area (Å²) in [5.74, 6) is 0.458. The molecule has 2 aromatic carbocycles. The summed E-state index contributed by atoms with van der Waals surface area (Å²) >= 11 is 0.